The third-order valence-electron chi connectivity index (χ3n) is 4.50. The molecule has 4 aromatic rings. The van der Waals surface area contributed by atoms with Crippen molar-refractivity contribution in [3.8, 4) is 11.3 Å². The van der Waals surface area contributed by atoms with Gasteiger partial charge in [-0.1, -0.05) is 18.2 Å². The Labute approximate surface area is 161 Å². The molecule has 1 unspecified atom stereocenters. The number of carbonyl (C=O) groups excluding carboxylic acids is 1. The average molecular weight is 378 g/mol. The summed E-state index contributed by atoms with van der Waals surface area (Å²) >= 11 is 0. The third kappa shape index (κ3) is 3.64. The van der Waals surface area contributed by atoms with E-state index in [9.17, 15) is 9.18 Å². The second-order valence-electron chi connectivity index (χ2n) is 6.52. The lowest BCUT2D eigenvalue weighted by atomic mass is 10.1. The topological polar surface area (TPSA) is 72.4 Å². The standard InChI is InChI=1S/C21H19FN4O2/c1-14(21-25-24-19-8-4-5-13-26(19)21)23-20(27)12-10-15-9-11-18(28-15)16-6-2-3-7-17(16)22/h2-9,11,13-14H,10,12H2,1H3,(H,23,27). The summed E-state index contributed by atoms with van der Waals surface area (Å²) < 4.78 is 21.4. The molecular formula is C21H19FN4O2. The van der Waals surface area contributed by atoms with Crippen molar-refractivity contribution in [2.24, 2.45) is 0 Å². The summed E-state index contributed by atoms with van der Waals surface area (Å²) in [7, 11) is 0. The Kier molecular flexibility index (Phi) is 4.89. The molecule has 1 amide bonds. The van der Waals surface area contributed by atoms with Gasteiger partial charge in [-0.2, -0.15) is 0 Å². The minimum absolute atomic E-state index is 0.121. The minimum atomic E-state index is -0.337. The van der Waals surface area contributed by atoms with Gasteiger partial charge in [0.25, 0.3) is 0 Å². The molecule has 0 aliphatic rings. The molecule has 3 heterocycles. The Balaban J connectivity index is 1.37. The summed E-state index contributed by atoms with van der Waals surface area (Å²) in [6, 6.07) is 15.3. The second kappa shape index (κ2) is 7.64. The fourth-order valence-corrected chi connectivity index (χ4v) is 3.09. The lowest BCUT2D eigenvalue weighted by molar-refractivity contribution is -0.121. The number of pyridine rings is 1. The minimum Gasteiger partial charge on any atom is -0.461 e. The molecule has 0 aliphatic heterocycles. The molecule has 142 valence electrons. The van der Waals surface area contributed by atoms with E-state index in [1.54, 1.807) is 30.3 Å². The number of rotatable bonds is 6. The Morgan fingerprint density at radius 2 is 1.96 bits per heavy atom. The molecule has 6 nitrogen and oxygen atoms in total. The maximum atomic E-state index is 13.9. The molecule has 1 atom stereocenters. The lowest BCUT2D eigenvalue weighted by Crippen LogP contribution is -2.28. The van der Waals surface area contributed by atoms with Crippen LogP contribution in [0.1, 0.15) is 31.0 Å². The summed E-state index contributed by atoms with van der Waals surface area (Å²) in [5, 5.41) is 11.2. The number of carbonyl (C=O) groups is 1. The summed E-state index contributed by atoms with van der Waals surface area (Å²) in [6.07, 6.45) is 2.54. The maximum absolute atomic E-state index is 13.9. The molecule has 0 saturated heterocycles. The second-order valence-corrected chi connectivity index (χ2v) is 6.52. The van der Waals surface area contributed by atoms with E-state index < -0.39 is 0 Å². The highest BCUT2D eigenvalue weighted by atomic mass is 19.1. The van der Waals surface area contributed by atoms with Crippen molar-refractivity contribution in [3.05, 3.63) is 78.2 Å². The zero-order valence-corrected chi connectivity index (χ0v) is 15.3. The molecule has 0 fully saturated rings. The number of aromatic nitrogens is 3. The van der Waals surface area contributed by atoms with Crippen molar-refractivity contribution in [1.29, 1.82) is 0 Å². The normalized spacial score (nSPS) is 12.2. The molecule has 0 spiro atoms. The van der Waals surface area contributed by atoms with E-state index in [0.717, 1.165) is 5.65 Å². The van der Waals surface area contributed by atoms with Crippen LogP contribution in [0.25, 0.3) is 17.0 Å². The number of nitrogens with zero attached hydrogens (tertiary/aromatic N) is 3. The molecule has 1 aromatic carbocycles. The Hall–Kier alpha value is -3.48. The van der Waals surface area contributed by atoms with Crippen molar-refractivity contribution >= 4 is 11.6 Å². The molecule has 0 aliphatic carbocycles. The smallest absolute Gasteiger partial charge is 0.221 e. The van der Waals surface area contributed by atoms with Crippen molar-refractivity contribution in [3.63, 3.8) is 0 Å². The number of amides is 1. The van der Waals surface area contributed by atoms with E-state index in [1.165, 1.54) is 6.07 Å². The predicted molar refractivity (Wildman–Crippen MR) is 102 cm³/mol. The number of fused-ring (bicyclic) bond motifs is 1. The van der Waals surface area contributed by atoms with E-state index in [-0.39, 0.29) is 24.2 Å². The van der Waals surface area contributed by atoms with Crippen molar-refractivity contribution in [1.82, 2.24) is 19.9 Å². The van der Waals surface area contributed by atoms with Crippen LogP contribution in [0.3, 0.4) is 0 Å². The predicted octanol–water partition coefficient (Wildman–Crippen LogP) is 3.94. The number of nitrogens with one attached hydrogen (secondary N) is 1. The molecule has 1 N–H and O–H groups in total. The van der Waals surface area contributed by atoms with E-state index in [2.05, 4.69) is 15.5 Å². The summed E-state index contributed by atoms with van der Waals surface area (Å²) in [5.74, 6) is 1.30. The van der Waals surface area contributed by atoms with Crippen LogP contribution in [0.15, 0.2) is 65.2 Å². The Bertz CT molecular complexity index is 1120. The van der Waals surface area contributed by atoms with Gasteiger partial charge in [-0.25, -0.2) is 4.39 Å². The van der Waals surface area contributed by atoms with Gasteiger partial charge in [-0.05, 0) is 43.3 Å². The molecule has 28 heavy (non-hydrogen) atoms. The maximum Gasteiger partial charge on any atom is 0.221 e. The van der Waals surface area contributed by atoms with Gasteiger partial charge in [0.1, 0.15) is 17.3 Å². The molecule has 0 radical (unpaired) electrons. The van der Waals surface area contributed by atoms with Gasteiger partial charge in [0.15, 0.2) is 11.5 Å². The molecule has 3 aromatic heterocycles. The van der Waals surface area contributed by atoms with Crippen LogP contribution in [0.2, 0.25) is 0 Å². The lowest BCUT2D eigenvalue weighted by Gasteiger charge is -2.12. The fourth-order valence-electron chi connectivity index (χ4n) is 3.09. The van der Waals surface area contributed by atoms with Crippen molar-refractivity contribution < 1.29 is 13.6 Å². The first-order valence-corrected chi connectivity index (χ1v) is 9.04. The zero-order valence-electron chi connectivity index (χ0n) is 15.3. The Morgan fingerprint density at radius 1 is 1.14 bits per heavy atom. The third-order valence-corrected chi connectivity index (χ3v) is 4.50. The van der Waals surface area contributed by atoms with Crippen LogP contribution in [-0.2, 0) is 11.2 Å². The van der Waals surface area contributed by atoms with Gasteiger partial charge in [-0.3, -0.25) is 9.20 Å². The number of furan rings is 1. The van der Waals surface area contributed by atoms with Gasteiger partial charge in [0.2, 0.25) is 5.91 Å². The number of aryl methyl sites for hydroxylation is 1. The number of benzene rings is 1. The van der Waals surface area contributed by atoms with Gasteiger partial charge in [-0.15, -0.1) is 10.2 Å². The molecular weight excluding hydrogens is 359 g/mol. The summed E-state index contributed by atoms with van der Waals surface area (Å²) in [4.78, 5) is 12.3. The highest BCUT2D eigenvalue weighted by Gasteiger charge is 2.16. The number of halogens is 1. The first-order chi connectivity index (χ1) is 13.6. The first-order valence-electron chi connectivity index (χ1n) is 9.04. The zero-order chi connectivity index (χ0) is 19.5. The van der Waals surface area contributed by atoms with Crippen LogP contribution >= 0.6 is 0 Å². The molecule has 0 saturated carbocycles. The highest BCUT2D eigenvalue weighted by molar-refractivity contribution is 5.76. The monoisotopic (exact) mass is 378 g/mol. The number of hydrogen-bond acceptors (Lipinski definition) is 4. The summed E-state index contributed by atoms with van der Waals surface area (Å²) in [5.41, 5.74) is 1.14. The van der Waals surface area contributed by atoms with Gasteiger partial charge >= 0.3 is 0 Å². The Morgan fingerprint density at radius 3 is 2.82 bits per heavy atom. The molecule has 0 bridgehead atoms. The van der Waals surface area contributed by atoms with Gasteiger partial charge < -0.3 is 9.73 Å². The molecule has 7 heteroatoms. The van der Waals surface area contributed by atoms with Crippen molar-refractivity contribution in [2.45, 2.75) is 25.8 Å². The van der Waals surface area contributed by atoms with Crippen LogP contribution in [0, 0.1) is 5.82 Å². The van der Waals surface area contributed by atoms with E-state index in [0.29, 0.717) is 29.3 Å². The fraction of sp³-hybridized carbons (Fsp3) is 0.190. The number of hydrogen-bond donors (Lipinski definition) is 1. The van der Waals surface area contributed by atoms with Crippen LogP contribution in [-0.4, -0.2) is 20.5 Å². The van der Waals surface area contributed by atoms with E-state index in [1.807, 2.05) is 35.7 Å². The van der Waals surface area contributed by atoms with Crippen LogP contribution < -0.4 is 5.32 Å². The largest absolute Gasteiger partial charge is 0.461 e. The van der Waals surface area contributed by atoms with Crippen LogP contribution in [0.4, 0.5) is 4.39 Å². The molecule has 4 rings (SSSR count). The summed E-state index contributed by atoms with van der Waals surface area (Å²) in [6.45, 7) is 1.87. The van der Waals surface area contributed by atoms with Gasteiger partial charge in [0.05, 0.1) is 11.6 Å². The quantitative estimate of drug-likeness (QED) is 0.552. The van der Waals surface area contributed by atoms with Crippen LogP contribution in [0.5, 0.6) is 0 Å². The SMILES string of the molecule is CC(NC(=O)CCc1ccc(-c2ccccc2F)o1)c1nnc2ccccn12. The van der Waals surface area contributed by atoms with E-state index >= 15 is 0 Å². The van der Waals surface area contributed by atoms with Crippen molar-refractivity contribution in [2.75, 3.05) is 0 Å². The van der Waals surface area contributed by atoms with E-state index in [4.69, 9.17) is 4.42 Å². The van der Waals surface area contributed by atoms with Gasteiger partial charge in [0, 0.05) is 19.0 Å². The average Bonchev–Trinajstić information content (AvgIpc) is 3.34. The highest BCUT2D eigenvalue weighted by Crippen LogP contribution is 2.25. The first kappa shape index (κ1) is 17.9.